The van der Waals surface area contributed by atoms with Crippen molar-refractivity contribution in [1.29, 1.82) is 0 Å². The van der Waals surface area contributed by atoms with Gasteiger partial charge in [0.15, 0.2) is 0 Å². The summed E-state index contributed by atoms with van der Waals surface area (Å²) >= 11 is 0. The van der Waals surface area contributed by atoms with Gasteiger partial charge in [-0.15, -0.1) is 0 Å². The minimum absolute atomic E-state index is 0.764. The number of aryl methyl sites for hydroxylation is 2. The first-order valence-electron chi connectivity index (χ1n) is 5.06. The molecule has 1 aromatic heterocycles. The van der Waals surface area contributed by atoms with Gasteiger partial charge in [-0.3, -0.25) is 0 Å². The van der Waals surface area contributed by atoms with E-state index in [4.69, 9.17) is 4.74 Å². The highest BCUT2D eigenvalue weighted by Crippen LogP contribution is 2.24. The zero-order valence-electron chi connectivity index (χ0n) is 10.1. The smallest absolute Gasteiger partial charge is 0.145 e. The van der Waals surface area contributed by atoms with Crippen LogP contribution in [-0.4, -0.2) is 24.1 Å². The van der Waals surface area contributed by atoms with Crippen molar-refractivity contribution in [3.05, 3.63) is 29.7 Å². The highest BCUT2D eigenvalue weighted by Gasteiger charge is 2.04. The molecule has 4 heteroatoms. The number of benzene rings is 1. The van der Waals surface area contributed by atoms with Crippen molar-refractivity contribution in [2.24, 2.45) is 5.73 Å². The zero-order chi connectivity index (χ0) is 12.1. The minimum atomic E-state index is 0.764. The largest absolute Gasteiger partial charge is 0.494 e. The Kier molecular flexibility index (Phi) is 4.19. The number of aromatic nitrogens is 2. The number of methoxy groups -OCH3 is 1. The van der Waals surface area contributed by atoms with E-state index in [1.807, 2.05) is 26.1 Å². The summed E-state index contributed by atoms with van der Waals surface area (Å²) in [7, 11) is 3.16. The SMILES string of the molecule is CN.COc1cc(C)cc2cnc(C)nc12. The summed E-state index contributed by atoms with van der Waals surface area (Å²) < 4.78 is 5.27. The Morgan fingerprint density at radius 3 is 2.50 bits per heavy atom. The normalized spacial score (nSPS) is 9.56. The summed E-state index contributed by atoms with van der Waals surface area (Å²) in [5.41, 5.74) is 6.53. The predicted molar refractivity (Wildman–Crippen MR) is 65.7 cm³/mol. The summed E-state index contributed by atoms with van der Waals surface area (Å²) in [5, 5.41) is 1.02. The predicted octanol–water partition coefficient (Wildman–Crippen LogP) is 1.83. The summed E-state index contributed by atoms with van der Waals surface area (Å²) in [6, 6.07) is 4.03. The van der Waals surface area contributed by atoms with Gasteiger partial charge in [-0.05, 0) is 38.6 Å². The number of nitrogens with zero attached hydrogens (tertiary/aromatic N) is 2. The van der Waals surface area contributed by atoms with Crippen LogP contribution in [0.3, 0.4) is 0 Å². The molecule has 0 saturated carbocycles. The van der Waals surface area contributed by atoms with Gasteiger partial charge in [-0.1, -0.05) is 0 Å². The van der Waals surface area contributed by atoms with Crippen LogP contribution in [0.25, 0.3) is 10.9 Å². The standard InChI is InChI=1S/C11H12N2O.CH5N/c1-7-4-9-6-12-8(2)13-11(9)10(5-7)14-3;1-2/h4-6H,1-3H3;2H2,1H3. The van der Waals surface area contributed by atoms with E-state index in [1.54, 1.807) is 7.11 Å². The van der Waals surface area contributed by atoms with Crippen LogP contribution in [0, 0.1) is 13.8 Å². The summed E-state index contributed by atoms with van der Waals surface area (Å²) in [6.45, 7) is 3.90. The van der Waals surface area contributed by atoms with Crippen molar-refractivity contribution in [3.8, 4) is 5.75 Å². The Morgan fingerprint density at radius 1 is 1.19 bits per heavy atom. The molecule has 2 rings (SSSR count). The second-order valence-electron chi connectivity index (χ2n) is 3.32. The molecule has 1 heterocycles. The van der Waals surface area contributed by atoms with Crippen molar-refractivity contribution in [3.63, 3.8) is 0 Å². The summed E-state index contributed by atoms with van der Waals surface area (Å²) in [6.07, 6.45) is 1.83. The van der Waals surface area contributed by atoms with Crippen LogP contribution in [-0.2, 0) is 0 Å². The van der Waals surface area contributed by atoms with Crippen LogP contribution in [0.4, 0.5) is 0 Å². The number of hydrogen-bond acceptors (Lipinski definition) is 4. The van der Waals surface area contributed by atoms with E-state index < -0.39 is 0 Å². The molecule has 0 fully saturated rings. The van der Waals surface area contributed by atoms with Crippen molar-refractivity contribution in [1.82, 2.24) is 9.97 Å². The third-order valence-electron chi connectivity index (χ3n) is 2.13. The molecule has 2 N–H and O–H groups in total. The van der Waals surface area contributed by atoms with Crippen LogP contribution in [0.1, 0.15) is 11.4 Å². The molecule has 0 unspecified atom stereocenters. The first kappa shape index (κ1) is 12.4. The Bertz CT molecular complexity index is 483. The molecule has 0 spiro atoms. The van der Waals surface area contributed by atoms with Gasteiger partial charge in [0, 0.05) is 11.6 Å². The molecule has 2 aromatic rings. The van der Waals surface area contributed by atoms with E-state index in [0.29, 0.717) is 0 Å². The molecule has 0 radical (unpaired) electrons. The van der Waals surface area contributed by atoms with Gasteiger partial charge in [0.05, 0.1) is 7.11 Å². The number of nitrogens with two attached hydrogens (primary N) is 1. The second kappa shape index (κ2) is 5.42. The van der Waals surface area contributed by atoms with Gasteiger partial charge in [0.25, 0.3) is 0 Å². The maximum Gasteiger partial charge on any atom is 0.145 e. The van der Waals surface area contributed by atoms with E-state index >= 15 is 0 Å². The lowest BCUT2D eigenvalue weighted by atomic mass is 10.1. The van der Waals surface area contributed by atoms with Crippen molar-refractivity contribution in [2.45, 2.75) is 13.8 Å². The highest BCUT2D eigenvalue weighted by molar-refractivity contribution is 5.84. The fourth-order valence-electron chi connectivity index (χ4n) is 1.50. The molecule has 86 valence electrons. The van der Waals surface area contributed by atoms with E-state index in [2.05, 4.69) is 21.8 Å². The van der Waals surface area contributed by atoms with Gasteiger partial charge in [0.1, 0.15) is 17.1 Å². The number of fused-ring (bicyclic) bond motifs is 1. The quantitative estimate of drug-likeness (QED) is 0.794. The van der Waals surface area contributed by atoms with Crippen LogP contribution in [0.15, 0.2) is 18.3 Å². The highest BCUT2D eigenvalue weighted by atomic mass is 16.5. The molecule has 0 atom stereocenters. The second-order valence-corrected chi connectivity index (χ2v) is 3.32. The molecule has 0 bridgehead atoms. The van der Waals surface area contributed by atoms with Crippen molar-refractivity contribution >= 4 is 10.9 Å². The first-order valence-corrected chi connectivity index (χ1v) is 5.06. The topological polar surface area (TPSA) is 61.0 Å². The lowest BCUT2D eigenvalue weighted by Gasteiger charge is -2.06. The van der Waals surface area contributed by atoms with Gasteiger partial charge >= 0.3 is 0 Å². The maximum absolute atomic E-state index is 5.27. The molecule has 4 nitrogen and oxygen atoms in total. The van der Waals surface area contributed by atoms with Crippen LogP contribution >= 0.6 is 0 Å². The van der Waals surface area contributed by atoms with Crippen LogP contribution < -0.4 is 10.5 Å². The van der Waals surface area contributed by atoms with Crippen molar-refractivity contribution in [2.75, 3.05) is 14.2 Å². The Morgan fingerprint density at radius 2 is 1.88 bits per heavy atom. The first-order chi connectivity index (χ1) is 7.70. The zero-order valence-corrected chi connectivity index (χ0v) is 10.1. The Hall–Kier alpha value is -1.68. The molecular weight excluding hydrogens is 202 g/mol. The van der Waals surface area contributed by atoms with E-state index in [0.717, 1.165) is 28.0 Å². The number of ether oxygens (including phenoxy) is 1. The van der Waals surface area contributed by atoms with Gasteiger partial charge in [-0.2, -0.15) is 0 Å². The van der Waals surface area contributed by atoms with E-state index in [1.165, 1.54) is 7.05 Å². The Labute approximate surface area is 95.5 Å². The van der Waals surface area contributed by atoms with Crippen LogP contribution in [0.5, 0.6) is 5.75 Å². The monoisotopic (exact) mass is 219 g/mol. The molecule has 16 heavy (non-hydrogen) atoms. The fraction of sp³-hybridized carbons (Fsp3) is 0.333. The van der Waals surface area contributed by atoms with Crippen LogP contribution in [0.2, 0.25) is 0 Å². The average molecular weight is 219 g/mol. The van der Waals surface area contributed by atoms with E-state index in [-0.39, 0.29) is 0 Å². The summed E-state index contributed by atoms with van der Waals surface area (Å²) in [4.78, 5) is 8.51. The summed E-state index contributed by atoms with van der Waals surface area (Å²) in [5.74, 6) is 1.57. The Balaban J connectivity index is 0.000000606. The molecule has 0 aliphatic carbocycles. The molecule has 1 aromatic carbocycles. The average Bonchev–Trinajstić information content (AvgIpc) is 2.31. The molecule has 0 aliphatic rings. The fourth-order valence-corrected chi connectivity index (χ4v) is 1.50. The minimum Gasteiger partial charge on any atom is -0.494 e. The lowest BCUT2D eigenvalue weighted by Crippen LogP contribution is -1.92. The molecular formula is C12H17N3O. The molecule has 0 saturated heterocycles. The van der Waals surface area contributed by atoms with E-state index in [9.17, 15) is 0 Å². The number of rotatable bonds is 1. The van der Waals surface area contributed by atoms with Gasteiger partial charge in [0.2, 0.25) is 0 Å². The molecule has 0 aliphatic heterocycles. The van der Waals surface area contributed by atoms with Gasteiger partial charge < -0.3 is 10.5 Å². The number of hydrogen-bond donors (Lipinski definition) is 1. The van der Waals surface area contributed by atoms with Crippen molar-refractivity contribution < 1.29 is 4.74 Å². The third-order valence-corrected chi connectivity index (χ3v) is 2.13. The maximum atomic E-state index is 5.27. The third kappa shape index (κ3) is 2.46. The lowest BCUT2D eigenvalue weighted by molar-refractivity contribution is 0.418. The molecule has 0 amide bonds. The van der Waals surface area contributed by atoms with Gasteiger partial charge in [-0.25, -0.2) is 9.97 Å².